The van der Waals surface area contributed by atoms with Gasteiger partial charge in [0.15, 0.2) is 0 Å². The second-order valence-corrected chi connectivity index (χ2v) is 7.15. The molecule has 8 nitrogen and oxygen atoms in total. The van der Waals surface area contributed by atoms with Crippen LogP contribution in [0.1, 0.15) is 31.4 Å². The van der Waals surface area contributed by atoms with Crippen LogP contribution in [0, 0.1) is 0 Å². The molecule has 1 atom stereocenters. The molecule has 1 aromatic carbocycles. The Morgan fingerprint density at radius 2 is 1.97 bits per heavy atom. The Labute approximate surface area is 174 Å². The van der Waals surface area contributed by atoms with E-state index < -0.39 is 12.0 Å². The molecular formula is C20H27N3O5S. The number of hydrogen-bond acceptors (Lipinski definition) is 7. The lowest BCUT2D eigenvalue weighted by atomic mass is 9.95. The molecule has 0 fully saturated rings. The van der Waals surface area contributed by atoms with Gasteiger partial charge in [0.2, 0.25) is 0 Å². The van der Waals surface area contributed by atoms with Gasteiger partial charge in [-0.3, -0.25) is 4.79 Å². The topological polar surface area (TPSA) is 106 Å². The Kier molecular flexibility index (Phi) is 9.01. The third kappa shape index (κ3) is 6.50. The van der Waals surface area contributed by atoms with Crippen molar-refractivity contribution < 1.29 is 23.9 Å². The molecule has 9 heteroatoms. The van der Waals surface area contributed by atoms with Crippen LogP contribution in [0.2, 0.25) is 0 Å². The van der Waals surface area contributed by atoms with Crippen LogP contribution in [0.25, 0.3) is 0 Å². The van der Waals surface area contributed by atoms with E-state index in [9.17, 15) is 14.4 Å². The molecule has 29 heavy (non-hydrogen) atoms. The lowest BCUT2D eigenvalue weighted by molar-refractivity contribution is -0.141. The van der Waals surface area contributed by atoms with Crippen molar-refractivity contribution in [2.24, 2.45) is 0 Å². The molecule has 3 N–H and O–H groups in total. The SMILES string of the molecule is CCOC(=O)C1=C(CNCCCC(=O)OC)NC(=O)N[C@@H]1c1ccc(SC)cc1. The molecule has 0 radical (unpaired) electrons. The van der Waals surface area contributed by atoms with E-state index in [0.717, 1.165) is 10.5 Å². The quantitative estimate of drug-likeness (QED) is 0.302. The highest BCUT2D eigenvalue weighted by Crippen LogP contribution is 2.29. The molecule has 0 aliphatic carbocycles. The minimum atomic E-state index is -0.606. The summed E-state index contributed by atoms with van der Waals surface area (Å²) in [5.74, 6) is -0.757. The molecule has 0 spiro atoms. The van der Waals surface area contributed by atoms with Gasteiger partial charge >= 0.3 is 18.0 Å². The van der Waals surface area contributed by atoms with Gasteiger partial charge in [0, 0.05) is 23.6 Å². The maximum atomic E-state index is 12.7. The number of esters is 2. The number of thioether (sulfide) groups is 1. The van der Waals surface area contributed by atoms with Crippen LogP contribution >= 0.6 is 11.8 Å². The predicted molar refractivity (Wildman–Crippen MR) is 110 cm³/mol. The molecule has 158 valence electrons. The zero-order chi connectivity index (χ0) is 21.2. The summed E-state index contributed by atoms with van der Waals surface area (Å²) in [6.45, 7) is 2.77. The van der Waals surface area contributed by atoms with E-state index in [2.05, 4.69) is 20.7 Å². The van der Waals surface area contributed by atoms with Crippen LogP contribution in [0.3, 0.4) is 0 Å². The third-order valence-electron chi connectivity index (χ3n) is 4.36. The zero-order valence-electron chi connectivity index (χ0n) is 16.9. The summed E-state index contributed by atoms with van der Waals surface area (Å²) < 4.78 is 9.85. The number of nitrogens with one attached hydrogen (secondary N) is 3. The molecule has 1 aliphatic heterocycles. The van der Waals surface area contributed by atoms with Crippen molar-refractivity contribution in [1.82, 2.24) is 16.0 Å². The molecule has 0 unspecified atom stereocenters. The van der Waals surface area contributed by atoms with Gasteiger partial charge in [-0.2, -0.15) is 0 Å². The van der Waals surface area contributed by atoms with Gasteiger partial charge in [0.05, 0.1) is 25.3 Å². The summed E-state index contributed by atoms with van der Waals surface area (Å²) in [5, 5.41) is 8.67. The normalized spacial score (nSPS) is 16.1. The van der Waals surface area contributed by atoms with Crippen LogP contribution in [-0.4, -0.2) is 51.0 Å². The standard InChI is InChI=1S/C20H27N3O5S/c1-4-28-19(25)17-15(12-21-11-5-6-16(24)27-2)22-20(26)23-18(17)13-7-9-14(29-3)10-8-13/h7-10,18,21H,4-6,11-12H2,1-3H3,(H2,22,23,26)/t18-/m1/s1. The van der Waals surface area contributed by atoms with Crippen molar-refractivity contribution in [2.45, 2.75) is 30.7 Å². The first-order valence-electron chi connectivity index (χ1n) is 9.39. The second-order valence-electron chi connectivity index (χ2n) is 6.27. The summed E-state index contributed by atoms with van der Waals surface area (Å²) in [6.07, 6.45) is 2.86. The second kappa shape index (κ2) is 11.5. The van der Waals surface area contributed by atoms with Crippen LogP contribution in [0.15, 0.2) is 40.4 Å². The highest BCUT2D eigenvalue weighted by molar-refractivity contribution is 7.98. The van der Waals surface area contributed by atoms with Crippen molar-refractivity contribution in [2.75, 3.05) is 33.1 Å². The fourth-order valence-electron chi connectivity index (χ4n) is 2.93. The Balaban J connectivity index is 2.21. The minimum Gasteiger partial charge on any atom is -0.469 e. The summed E-state index contributed by atoms with van der Waals surface area (Å²) in [5.41, 5.74) is 1.62. The number of amides is 2. The largest absolute Gasteiger partial charge is 0.469 e. The average Bonchev–Trinajstić information content (AvgIpc) is 2.73. The van der Waals surface area contributed by atoms with Crippen molar-refractivity contribution in [3.8, 4) is 0 Å². The summed E-state index contributed by atoms with van der Waals surface area (Å²) >= 11 is 1.61. The van der Waals surface area contributed by atoms with Gasteiger partial charge < -0.3 is 25.4 Å². The number of hydrogen-bond donors (Lipinski definition) is 3. The Morgan fingerprint density at radius 1 is 1.24 bits per heavy atom. The zero-order valence-corrected chi connectivity index (χ0v) is 17.7. The van der Waals surface area contributed by atoms with E-state index in [4.69, 9.17) is 4.74 Å². The van der Waals surface area contributed by atoms with E-state index in [1.807, 2.05) is 30.5 Å². The van der Waals surface area contributed by atoms with E-state index >= 15 is 0 Å². The fourth-order valence-corrected chi connectivity index (χ4v) is 3.34. The van der Waals surface area contributed by atoms with E-state index in [-0.39, 0.29) is 25.2 Å². The number of benzene rings is 1. The summed E-state index contributed by atoms with van der Waals surface area (Å²) in [4.78, 5) is 37.2. The number of urea groups is 1. The lowest BCUT2D eigenvalue weighted by Gasteiger charge is -2.29. The number of methoxy groups -OCH3 is 1. The average molecular weight is 422 g/mol. The molecule has 0 saturated heterocycles. The van der Waals surface area contributed by atoms with Gasteiger partial charge in [-0.25, -0.2) is 9.59 Å². The van der Waals surface area contributed by atoms with E-state index in [1.54, 1.807) is 18.7 Å². The molecular weight excluding hydrogens is 394 g/mol. The van der Waals surface area contributed by atoms with Gasteiger partial charge in [0.1, 0.15) is 0 Å². The number of rotatable bonds is 10. The van der Waals surface area contributed by atoms with Crippen molar-refractivity contribution in [3.63, 3.8) is 0 Å². The van der Waals surface area contributed by atoms with Crippen LogP contribution < -0.4 is 16.0 Å². The summed E-state index contributed by atoms with van der Waals surface area (Å²) in [6, 6.07) is 6.68. The van der Waals surface area contributed by atoms with E-state index in [0.29, 0.717) is 30.7 Å². The Hall–Kier alpha value is -2.52. The van der Waals surface area contributed by atoms with Crippen molar-refractivity contribution in [3.05, 3.63) is 41.1 Å². The monoisotopic (exact) mass is 421 g/mol. The van der Waals surface area contributed by atoms with Crippen molar-refractivity contribution >= 4 is 29.7 Å². The van der Waals surface area contributed by atoms with Gasteiger partial charge in [0.25, 0.3) is 0 Å². The first-order valence-corrected chi connectivity index (χ1v) is 10.6. The Morgan fingerprint density at radius 3 is 2.59 bits per heavy atom. The van der Waals surface area contributed by atoms with Crippen molar-refractivity contribution in [1.29, 1.82) is 0 Å². The molecule has 1 aromatic rings. The first kappa shape index (κ1) is 22.8. The van der Waals surface area contributed by atoms with Gasteiger partial charge in [-0.1, -0.05) is 12.1 Å². The predicted octanol–water partition coefficient (Wildman–Crippen LogP) is 2.12. The number of ether oxygens (including phenoxy) is 2. The molecule has 2 rings (SSSR count). The Bertz CT molecular complexity index is 764. The third-order valence-corrected chi connectivity index (χ3v) is 5.11. The minimum absolute atomic E-state index is 0.230. The molecule has 0 saturated carbocycles. The van der Waals surface area contributed by atoms with Crippen LogP contribution in [0.4, 0.5) is 4.79 Å². The molecule has 2 amide bonds. The maximum Gasteiger partial charge on any atom is 0.338 e. The van der Waals surface area contributed by atoms with Gasteiger partial charge in [-0.05, 0) is 43.8 Å². The smallest absolute Gasteiger partial charge is 0.338 e. The van der Waals surface area contributed by atoms with Crippen LogP contribution in [-0.2, 0) is 19.1 Å². The number of carbonyl (C=O) groups excluding carboxylic acids is 3. The lowest BCUT2D eigenvalue weighted by Crippen LogP contribution is -2.48. The fraction of sp³-hybridized carbons (Fsp3) is 0.450. The first-order chi connectivity index (χ1) is 14.0. The van der Waals surface area contributed by atoms with Crippen LogP contribution in [0.5, 0.6) is 0 Å². The number of carbonyl (C=O) groups is 3. The van der Waals surface area contributed by atoms with E-state index in [1.165, 1.54) is 7.11 Å². The molecule has 0 bridgehead atoms. The maximum absolute atomic E-state index is 12.7. The highest BCUT2D eigenvalue weighted by atomic mass is 32.2. The molecule has 1 heterocycles. The summed E-state index contributed by atoms with van der Waals surface area (Å²) in [7, 11) is 1.35. The van der Waals surface area contributed by atoms with Gasteiger partial charge in [-0.15, -0.1) is 11.8 Å². The molecule has 0 aromatic heterocycles. The molecule has 1 aliphatic rings. The highest BCUT2D eigenvalue weighted by Gasteiger charge is 2.33.